The van der Waals surface area contributed by atoms with Crippen molar-refractivity contribution < 1.29 is 14.6 Å². The van der Waals surface area contributed by atoms with E-state index >= 15 is 0 Å². The van der Waals surface area contributed by atoms with Gasteiger partial charge in [0.1, 0.15) is 19.6 Å². The molecule has 17 heavy (non-hydrogen) atoms. The van der Waals surface area contributed by atoms with Gasteiger partial charge >= 0.3 is 0 Å². The first kappa shape index (κ1) is 12.6. The van der Waals surface area contributed by atoms with Gasteiger partial charge in [-0.25, -0.2) is 5.21 Å². The molecule has 0 bridgehead atoms. The average Bonchev–Trinajstić information content (AvgIpc) is 2.30. The van der Waals surface area contributed by atoms with Crippen LogP contribution in [0.3, 0.4) is 0 Å². The first-order chi connectivity index (χ1) is 8.09. The molecular weight excluding hydrogens is 214 g/mol. The average molecular weight is 236 g/mol. The first-order valence-electron chi connectivity index (χ1n) is 6.34. The van der Waals surface area contributed by atoms with Crippen molar-refractivity contribution in [3.05, 3.63) is 35.4 Å². The molecule has 1 saturated heterocycles. The van der Waals surface area contributed by atoms with Crippen LogP contribution in [0, 0.1) is 0 Å². The van der Waals surface area contributed by atoms with Gasteiger partial charge < -0.3 is 4.74 Å². The molecule has 1 aliphatic heterocycles. The van der Waals surface area contributed by atoms with E-state index in [0.717, 1.165) is 0 Å². The molecule has 3 nitrogen and oxygen atoms in total. The zero-order valence-corrected chi connectivity index (χ0v) is 10.7. The molecule has 0 saturated carbocycles. The van der Waals surface area contributed by atoms with Crippen molar-refractivity contribution in [3.63, 3.8) is 0 Å². The number of benzene rings is 1. The van der Waals surface area contributed by atoms with Crippen LogP contribution in [0.4, 0.5) is 0 Å². The molecule has 1 aromatic rings. The molecule has 94 valence electrons. The second kappa shape index (κ2) is 5.17. The zero-order chi connectivity index (χ0) is 12.3. The minimum Gasteiger partial charge on any atom is -0.370 e. The number of nitrogens with zero attached hydrogens (tertiary/aromatic N) is 1. The van der Waals surface area contributed by atoms with Crippen LogP contribution in [0.5, 0.6) is 0 Å². The predicted octanol–water partition coefficient (Wildman–Crippen LogP) is 2.55. The minimum atomic E-state index is 0.112. The van der Waals surface area contributed by atoms with Gasteiger partial charge in [0, 0.05) is 5.56 Å². The van der Waals surface area contributed by atoms with E-state index in [2.05, 4.69) is 38.1 Å². The number of rotatable bonds is 3. The van der Waals surface area contributed by atoms with Gasteiger partial charge in [-0.1, -0.05) is 38.1 Å². The van der Waals surface area contributed by atoms with E-state index in [-0.39, 0.29) is 4.65 Å². The lowest BCUT2D eigenvalue weighted by atomic mass is 10.0. The summed E-state index contributed by atoms with van der Waals surface area (Å²) in [6.07, 6.45) is 0. The maximum atomic E-state index is 10.4. The number of hydrogen-bond acceptors (Lipinski definition) is 2. The molecule has 1 fully saturated rings. The molecule has 0 aliphatic carbocycles. The third kappa shape index (κ3) is 3.28. The lowest BCUT2D eigenvalue weighted by Gasteiger charge is -2.33. The predicted molar refractivity (Wildman–Crippen MR) is 66.8 cm³/mol. The van der Waals surface area contributed by atoms with E-state index in [9.17, 15) is 5.21 Å². The molecule has 0 unspecified atom stereocenters. The second-order valence-electron chi connectivity index (χ2n) is 5.21. The van der Waals surface area contributed by atoms with Gasteiger partial charge in [-0.15, -0.1) is 0 Å². The van der Waals surface area contributed by atoms with Gasteiger partial charge in [0.15, 0.2) is 0 Å². The monoisotopic (exact) mass is 236 g/mol. The standard InChI is InChI=1S/C14H22NO2/c1-12(2)14-5-3-13(4-6-14)11-15(16)7-9-17-10-8-15/h3-6,12,16H,7-11H2,1-2H3/q+1. The Bertz CT molecular complexity index is 353. The Labute approximate surface area is 103 Å². The lowest BCUT2D eigenvalue weighted by molar-refractivity contribution is -1.12. The fraction of sp³-hybridized carbons (Fsp3) is 0.571. The van der Waals surface area contributed by atoms with Gasteiger partial charge in [-0.3, -0.25) is 0 Å². The highest BCUT2D eigenvalue weighted by Gasteiger charge is 2.29. The van der Waals surface area contributed by atoms with Crippen LogP contribution in [0.2, 0.25) is 0 Å². The van der Waals surface area contributed by atoms with Crippen molar-refractivity contribution in [1.29, 1.82) is 0 Å². The topological polar surface area (TPSA) is 29.5 Å². The largest absolute Gasteiger partial charge is 0.370 e. The van der Waals surface area contributed by atoms with E-state index in [1.54, 1.807) is 0 Å². The highest BCUT2D eigenvalue weighted by Crippen LogP contribution is 2.18. The van der Waals surface area contributed by atoms with Gasteiger partial charge in [0.05, 0.1) is 13.2 Å². The molecule has 0 spiro atoms. The normalized spacial score (nSPS) is 19.5. The summed E-state index contributed by atoms with van der Waals surface area (Å²) in [5.41, 5.74) is 2.54. The summed E-state index contributed by atoms with van der Waals surface area (Å²) in [6.45, 7) is 7.74. The van der Waals surface area contributed by atoms with Crippen LogP contribution >= 0.6 is 0 Å². The Kier molecular flexibility index (Phi) is 3.82. The smallest absolute Gasteiger partial charge is 0.134 e. The van der Waals surface area contributed by atoms with Crippen LogP contribution in [0.15, 0.2) is 24.3 Å². The summed E-state index contributed by atoms with van der Waals surface area (Å²) in [5.74, 6) is 0.560. The van der Waals surface area contributed by atoms with Crippen LogP contribution < -0.4 is 0 Å². The third-order valence-corrected chi connectivity index (χ3v) is 3.43. The lowest BCUT2D eigenvalue weighted by Crippen LogP contribution is -2.51. The van der Waals surface area contributed by atoms with Crippen LogP contribution in [-0.4, -0.2) is 36.2 Å². The highest BCUT2D eigenvalue weighted by atomic mass is 16.6. The summed E-state index contributed by atoms with van der Waals surface area (Å²) >= 11 is 0. The molecule has 2 rings (SSSR count). The summed E-state index contributed by atoms with van der Waals surface area (Å²) in [5, 5.41) is 10.4. The van der Waals surface area contributed by atoms with E-state index in [4.69, 9.17) is 4.74 Å². The number of hydroxylamine groups is 3. The quantitative estimate of drug-likeness (QED) is 0.817. The van der Waals surface area contributed by atoms with Gasteiger partial charge in [0.2, 0.25) is 0 Å². The van der Waals surface area contributed by atoms with Gasteiger partial charge in [-0.2, -0.15) is 4.65 Å². The summed E-state index contributed by atoms with van der Waals surface area (Å²) in [6, 6.07) is 8.57. The second-order valence-corrected chi connectivity index (χ2v) is 5.21. The molecular formula is C14H22NO2+. The van der Waals surface area contributed by atoms with Crippen molar-refractivity contribution in [2.75, 3.05) is 26.3 Å². The molecule has 0 radical (unpaired) electrons. The molecule has 0 atom stereocenters. The summed E-state index contributed by atoms with van der Waals surface area (Å²) < 4.78 is 5.39. The highest BCUT2D eigenvalue weighted by molar-refractivity contribution is 5.24. The molecule has 3 heteroatoms. The number of hydrogen-bond donors (Lipinski definition) is 1. The number of ether oxygens (including phenoxy) is 1. The fourth-order valence-electron chi connectivity index (χ4n) is 2.19. The van der Waals surface area contributed by atoms with Crippen molar-refractivity contribution >= 4 is 0 Å². The molecule has 1 aromatic carbocycles. The maximum Gasteiger partial charge on any atom is 0.134 e. The van der Waals surface area contributed by atoms with Crippen molar-refractivity contribution in [1.82, 2.24) is 0 Å². The third-order valence-electron chi connectivity index (χ3n) is 3.43. The van der Waals surface area contributed by atoms with Crippen LogP contribution in [-0.2, 0) is 11.3 Å². The van der Waals surface area contributed by atoms with Crippen LogP contribution in [0.25, 0.3) is 0 Å². The fourth-order valence-corrected chi connectivity index (χ4v) is 2.19. The van der Waals surface area contributed by atoms with Crippen molar-refractivity contribution in [2.45, 2.75) is 26.3 Å². The zero-order valence-electron chi connectivity index (χ0n) is 10.7. The minimum absolute atomic E-state index is 0.112. The Hall–Kier alpha value is -0.900. The van der Waals surface area contributed by atoms with Crippen LogP contribution in [0.1, 0.15) is 30.9 Å². The molecule has 1 aliphatic rings. The number of morpholine rings is 1. The Morgan fingerprint density at radius 2 is 1.76 bits per heavy atom. The van der Waals surface area contributed by atoms with E-state index in [0.29, 0.717) is 38.8 Å². The summed E-state index contributed by atoms with van der Waals surface area (Å²) in [7, 11) is 0. The van der Waals surface area contributed by atoms with Crippen molar-refractivity contribution in [3.8, 4) is 0 Å². The maximum absolute atomic E-state index is 10.4. The first-order valence-corrected chi connectivity index (χ1v) is 6.34. The Balaban J connectivity index is 2.03. The van der Waals surface area contributed by atoms with E-state index < -0.39 is 0 Å². The SMILES string of the molecule is CC(C)c1ccc(C[N+]2(O)CCOCC2)cc1. The Morgan fingerprint density at radius 3 is 2.29 bits per heavy atom. The molecule has 0 amide bonds. The Morgan fingerprint density at radius 1 is 1.18 bits per heavy atom. The summed E-state index contributed by atoms with van der Waals surface area (Å²) in [4.78, 5) is 0. The van der Waals surface area contributed by atoms with Gasteiger partial charge in [0.25, 0.3) is 0 Å². The van der Waals surface area contributed by atoms with E-state index in [1.807, 2.05) is 0 Å². The molecule has 1 N–H and O–H groups in total. The van der Waals surface area contributed by atoms with E-state index in [1.165, 1.54) is 11.1 Å². The van der Waals surface area contributed by atoms with Gasteiger partial charge in [-0.05, 0) is 11.5 Å². The molecule has 1 heterocycles. The number of quaternary nitrogens is 1. The molecule has 0 aromatic heterocycles. The van der Waals surface area contributed by atoms with Crippen molar-refractivity contribution in [2.24, 2.45) is 0 Å².